The number of benzene rings is 1. The highest BCUT2D eigenvalue weighted by atomic mass is 16.6. The SMILES string of the molecule is O=C(O)c1cccc([N+](=O)[O-])c1.OCC1CO1. The summed E-state index contributed by atoms with van der Waals surface area (Å²) in [4.78, 5) is 19.9. The Morgan fingerprint density at radius 3 is 2.59 bits per heavy atom. The van der Waals surface area contributed by atoms with Crippen LogP contribution < -0.4 is 0 Å². The highest BCUT2D eigenvalue weighted by Crippen LogP contribution is 2.12. The van der Waals surface area contributed by atoms with Crippen molar-refractivity contribution in [3.8, 4) is 0 Å². The van der Waals surface area contributed by atoms with Gasteiger partial charge in [0.15, 0.2) is 0 Å². The van der Waals surface area contributed by atoms with Gasteiger partial charge in [-0.2, -0.15) is 0 Å². The molecule has 0 aliphatic carbocycles. The zero-order valence-corrected chi connectivity index (χ0v) is 8.78. The highest BCUT2D eigenvalue weighted by Gasteiger charge is 2.19. The third-order valence-corrected chi connectivity index (χ3v) is 1.91. The molecule has 0 saturated carbocycles. The van der Waals surface area contributed by atoms with Crippen LogP contribution in [0.3, 0.4) is 0 Å². The summed E-state index contributed by atoms with van der Waals surface area (Å²) in [5.41, 5.74) is -0.292. The summed E-state index contributed by atoms with van der Waals surface area (Å²) < 4.78 is 4.61. The molecule has 1 fully saturated rings. The molecule has 1 aliphatic rings. The molecular formula is C10H11NO6. The van der Waals surface area contributed by atoms with Crippen LogP contribution in [0.4, 0.5) is 5.69 Å². The van der Waals surface area contributed by atoms with E-state index in [-0.39, 0.29) is 24.0 Å². The average Bonchev–Trinajstić information content (AvgIpc) is 3.13. The molecule has 1 unspecified atom stereocenters. The lowest BCUT2D eigenvalue weighted by Gasteiger charge is -1.92. The van der Waals surface area contributed by atoms with Gasteiger partial charge in [0.25, 0.3) is 5.69 Å². The fraction of sp³-hybridized carbons (Fsp3) is 0.300. The second kappa shape index (κ2) is 5.92. The number of ether oxygens (including phenoxy) is 1. The summed E-state index contributed by atoms with van der Waals surface area (Å²) in [7, 11) is 0. The van der Waals surface area contributed by atoms with Gasteiger partial charge in [-0.25, -0.2) is 4.79 Å². The van der Waals surface area contributed by atoms with Crippen LogP contribution in [0.2, 0.25) is 0 Å². The van der Waals surface area contributed by atoms with E-state index in [0.29, 0.717) is 0 Å². The van der Waals surface area contributed by atoms with Gasteiger partial charge in [0.1, 0.15) is 6.10 Å². The first-order valence-corrected chi connectivity index (χ1v) is 4.74. The van der Waals surface area contributed by atoms with Gasteiger partial charge in [-0.05, 0) is 6.07 Å². The summed E-state index contributed by atoms with van der Waals surface area (Å²) in [6, 6.07) is 4.89. The van der Waals surface area contributed by atoms with E-state index in [4.69, 9.17) is 10.2 Å². The van der Waals surface area contributed by atoms with Gasteiger partial charge >= 0.3 is 5.97 Å². The standard InChI is InChI=1S/C7H5NO4.C3H6O2/c9-7(10)5-2-1-3-6(4-5)8(11)12;4-1-3-2-5-3/h1-4H,(H,9,10);3-4H,1-2H2. The number of epoxide rings is 1. The molecular weight excluding hydrogens is 230 g/mol. The summed E-state index contributed by atoms with van der Waals surface area (Å²) in [5, 5.41) is 26.7. The van der Waals surface area contributed by atoms with Crippen molar-refractivity contribution < 1.29 is 24.7 Å². The Morgan fingerprint density at radius 1 is 1.59 bits per heavy atom. The molecule has 7 heteroatoms. The summed E-state index contributed by atoms with van der Waals surface area (Å²) in [6.45, 7) is 0.955. The predicted octanol–water partition coefficient (Wildman–Crippen LogP) is 0.670. The van der Waals surface area contributed by atoms with Crippen LogP contribution in [-0.2, 0) is 4.74 Å². The van der Waals surface area contributed by atoms with E-state index >= 15 is 0 Å². The lowest BCUT2D eigenvalue weighted by Crippen LogP contribution is -1.97. The minimum atomic E-state index is -1.17. The number of hydrogen-bond donors (Lipinski definition) is 2. The lowest BCUT2D eigenvalue weighted by atomic mass is 10.2. The average molecular weight is 241 g/mol. The molecule has 0 spiro atoms. The van der Waals surface area contributed by atoms with Gasteiger partial charge in [0, 0.05) is 12.1 Å². The fourth-order valence-corrected chi connectivity index (χ4v) is 0.926. The van der Waals surface area contributed by atoms with Crippen molar-refractivity contribution in [2.75, 3.05) is 13.2 Å². The summed E-state index contributed by atoms with van der Waals surface area (Å²) in [5.74, 6) is -1.17. The minimum absolute atomic E-state index is 0.0794. The number of aromatic carboxylic acids is 1. The number of carboxylic acids is 1. The van der Waals surface area contributed by atoms with Crippen molar-refractivity contribution in [2.45, 2.75) is 6.10 Å². The second-order valence-corrected chi connectivity index (χ2v) is 3.25. The maximum Gasteiger partial charge on any atom is 0.335 e. The van der Waals surface area contributed by atoms with Crippen LogP contribution in [-0.4, -0.2) is 40.4 Å². The quantitative estimate of drug-likeness (QED) is 0.456. The molecule has 1 aliphatic heterocycles. The van der Waals surface area contributed by atoms with Gasteiger partial charge < -0.3 is 14.9 Å². The van der Waals surface area contributed by atoms with Crippen LogP contribution in [0.1, 0.15) is 10.4 Å². The Kier molecular flexibility index (Phi) is 4.56. The molecule has 0 radical (unpaired) electrons. The predicted molar refractivity (Wildman–Crippen MR) is 56.9 cm³/mol. The van der Waals surface area contributed by atoms with Gasteiger partial charge in [-0.15, -0.1) is 0 Å². The van der Waals surface area contributed by atoms with Crippen LogP contribution in [0.15, 0.2) is 24.3 Å². The van der Waals surface area contributed by atoms with Crippen LogP contribution in [0.5, 0.6) is 0 Å². The number of nitro groups is 1. The van der Waals surface area contributed by atoms with E-state index in [1.165, 1.54) is 18.2 Å². The molecule has 7 nitrogen and oxygen atoms in total. The molecule has 92 valence electrons. The lowest BCUT2D eigenvalue weighted by molar-refractivity contribution is -0.384. The molecule has 0 bridgehead atoms. The Balaban J connectivity index is 0.000000239. The molecule has 0 amide bonds. The molecule has 1 heterocycles. The monoisotopic (exact) mass is 241 g/mol. The Labute approximate surface area is 96.4 Å². The number of aliphatic hydroxyl groups excluding tert-OH is 1. The van der Waals surface area contributed by atoms with Gasteiger partial charge in [-0.1, -0.05) is 6.07 Å². The van der Waals surface area contributed by atoms with Gasteiger partial charge in [-0.3, -0.25) is 10.1 Å². The molecule has 0 aromatic heterocycles. The molecule has 1 aromatic carbocycles. The van der Waals surface area contributed by atoms with Crippen LogP contribution in [0, 0.1) is 10.1 Å². The fourth-order valence-electron chi connectivity index (χ4n) is 0.926. The number of rotatable bonds is 3. The number of carbonyl (C=O) groups is 1. The van der Waals surface area contributed by atoms with E-state index in [2.05, 4.69) is 4.74 Å². The Bertz CT molecular complexity index is 386. The zero-order chi connectivity index (χ0) is 12.8. The molecule has 1 atom stereocenters. The molecule has 17 heavy (non-hydrogen) atoms. The van der Waals surface area contributed by atoms with Crippen molar-refractivity contribution in [1.82, 2.24) is 0 Å². The first kappa shape index (κ1) is 13.1. The number of nitrogens with zero attached hydrogens (tertiary/aromatic N) is 1. The maximum absolute atomic E-state index is 10.4. The zero-order valence-electron chi connectivity index (χ0n) is 8.78. The first-order chi connectivity index (χ1) is 8.04. The smallest absolute Gasteiger partial charge is 0.335 e. The molecule has 2 N–H and O–H groups in total. The van der Waals surface area contributed by atoms with E-state index in [0.717, 1.165) is 12.7 Å². The van der Waals surface area contributed by atoms with Crippen molar-refractivity contribution in [3.63, 3.8) is 0 Å². The summed E-state index contributed by atoms with van der Waals surface area (Å²) >= 11 is 0. The number of nitro benzene ring substituents is 1. The van der Waals surface area contributed by atoms with Crippen molar-refractivity contribution >= 4 is 11.7 Å². The van der Waals surface area contributed by atoms with E-state index in [9.17, 15) is 14.9 Å². The third kappa shape index (κ3) is 4.58. The molecule has 1 aromatic rings. The molecule has 2 rings (SSSR count). The minimum Gasteiger partial charge on any atom is -0.478 e. The van der Waals surface area contributed by atoms with Crippen LogP contribution in [0.25, 0.3) is 0 Å². The van der Waals surface area contributed by atoms with E-state index in [1.54, 1.807) is 0 Å². The highest BCUT2D eigenvalue weighted by molar-refractivity contribution is 5.88. The largest absolute Gasteiger partial charge is 0.478 e. The third-order valence-electron chi connectivity index (χ3n) is 1.91. The maximum atomic E-state index is 10.4. The summed E-state index contributed by atoms with van der Waals surface area (Å²) in [6.07, 6.45) is 0.190. The van der Waals surface area contributed by atoms with Crippen LogP contribution >= 0.6 is 0 Å². The second-order valence-electron chi connectivity index (χ2n) is 3.25. The van der Waals surface area contributed by atoms with Crippen molar-refractivity contribution in [1.29, 1.82) is 0 Å². The first-order valence-electron chi connectivity index (χ1n) is 4.74. The van der Waals surface area contributed by atoms with E-state index in [1.807, 2.05) is 0 Å². The molecule has 1 saturated heterocycles. The Morgan fingerprint density at radius 2 is 2.24 bits per heavy atom. The Hall–Kier alpha value is -1.99. The van der Waals surface area contributed by atoms with E-state index < -0.39 is 10.9 Å². The normalized spacial score (nSPS) is 16.6. The number of aliphatic hydroxyl groups is 1. The van der Waals surface area contributed by atoms with Crippen molar-refractivity contribution in [3.05, 3.63) is 39.9 Å². The number of non-ortho nitro benzene ring substituents is 1. The van der Waals surface area contributed by atoms with Crippen molar-refractivity contribution in [2.24, 2.45) is 0 Å². The number of carboxylic acid groups (broad SMARTS) is 1. The topological polar surface area (TPSA) is 113 Å². The number of hydrogen-bond acceptors (Lipinski definition) is 5. The van der Waals surface area contributed by atoms with Gasteiger partial charge in [0.2, 0.25) is 0 Å². The van der Waals surface area contributed by atoms with Gasteiger partial charge in [0.05, 0.1) is 23.7 Å².